The summed E-state index contributed by atoms with van der Waals surface area (Å²) >= 11 is 0. The standard InChI is InChI=1S/C24H40O6/c1-12(4-7-21(29)30)14-5-6-15-22-16(10-20(28)24(14,15)3)23(2)11-19(27)17(25)8-13(23)9-18(22)26/h12-20,22,25-28H,4-11H2,1-3H3,(H,29,30). The first-order chi connectivity index (χ1) is 14.0. The molecular weight excluding hydrogens is 384 g/mol. The second-order valence-electron chi connectivity index (χ2n) is 11.6. The van der Waals surface area contributed by atoms with Crippen LogP contribution in [0.1, 0.15) is 72.1 Å². The summed E-state index contributed by atoms with van der Waals surface area (Å²) in [7, 11) is 0. The summed E-state index contributed by atoms with van der Waals surface area (Å²) in [6.45, 7) is 6.50. The Morgan fingerprint density at radius 3 is 2.30 bits per heavy atom. The highest BCUT2D eigenvalue weighted by Crippen LogP contribution is 2.68. The molecule has 0 bridgehead atoms. The maximum atomic E-state index is 11.5. The maximum Gasteiger partial charge on any atom is 0.303 e. The highest BCUT2D eigenvalue weighted by molar-refractivity contribution is 5.66. The van der Waals surface area contributed by atoms with E-state index >= 15 is 0 Å². The van der Waals surface area contributed by atoms with Gasteiger partial charge in [0, 0.05) is 6.42 Å². The molecule has 0 aromatic rings. The highest BCUT2D eigenvalue weighted by Gasteiger charge is 2.66. The lowest BCUT2D eigenvalue weighted by Gasteiger charge is -2.64. The van der Waals surface area contributed by atoms with E-state index in [1.807, 2.05) is 0 Å². The van der Waals surface area contributed by atoms with Gasteiger partial charge in [-0.15, -0.1) is 0 Å². The van der Waals surface area contributed by atoms with Crippen LogP contribution in [0.5, 0.6) is 0 Å². The van der Waals surface area contributed by atoms with Crippen LogP contribution in [0.15, 0.2) is 0 Å². The first kappa shape index (κ1) is 22.5. The van der Waals surface area contributed by atoms with Crippen LogP contribution in [0.4, 0.5) is 0 Å². The van der Waals surface area contributed by atoms with Crippen molar-refractivity contribution < 1.29 is 30.3 Å². The van der Waals surface area contributed by atoms with Gasteiger partial charge in [-0.05, 0) is 91.3 Å². The van der Waals surface area contributed by atoms with Gasteiger partial charge >= 0.3 is 5.97 Å². The molecule has 4 aliphatic rings. The Kier molecular flexibility index (Phi) is 5.79. The van der Waals surface area contributed by atoms with Crippen molar-refractivity contribution in [2.24, 2.45) is 46.3 Å². The second kappa shape index (κ2) is 7.72. The summed E-state index contributed by atoms with van der Waals surface area (Å²) in [5.41, 5.74) is -0.492. The van der Waals surface area contributed by atoms with Gasteiger partial charge in [0.15, 0.2) is 0 Å². The molecule has 0 saturated heterocycles. The summed E-state index contributed by atoms with van der Waals surface area (Å²) in [5, 5.41) is 52.5. The van der Waals surface area contributed by atoms with Crippen LogP contribution in [0.2, 0.25) is 0 Å². The number of aliphatic hydroxyl groups is 4. The molecule has 0 heterocycles. The molecule has 4 saturated carbocycles. The molecule has 5 N–H and O–H groups in total. The van der Waals surface area contributed by atoms with Crippen molar-refractivity contribution in [3.8, 4) is 0 Å². The van der Waals surface area contributed by atoms with E-state index in [-0.39, 0.29) is 52.8 Å². The summed E-state index contributed by atoms with van der Waals surface area (Å²) in [6, 6.07) is 0. The van der Waals surface area contributed by atoms with E-state index in [2.05, 4.69) is 20.8 Å². The Balaban J connectivity index is 1.62. The van der Waals surface area contributed by atoms with E-state index in [1.54, 1.807) is 0 Å². The van der Waals surface area contributed by atoms with Crippen LogP contribution in [-0.2, 0) is 4.79 Å². The molecule has 6 heteroatoms. The third-order valence-corrected chi connectivity index (χ3v) is 10.4. The van der Waals surface area contributed by atoms with Gasteiger partial charge in [0.05, 0.1) is 24.4 Å². The Bertz CT molecular complexity index is 668. The first-order valence-electron chi connectivity index (χ1n) is 11.9. The lowest BCUT2D eigenvalue weighted by molar-refractivity contribution is -0.219. The zero-order chi connectivity index (χ0) is 22.0. The number of hydrogen-bond donors (Lipinski definition) is 5. The van der Waals surface area contributed by atoms with Crippen molar-refractivity contribution in [1.29, 1.82) is 0 Å². The predicted octanol–water partition coefficient (Wildman–Crippen LogP) is 2.42. The Morgan fingerprint density at radius 2 is 1.63 bits per heavy atom. The number of aliphatic carboxylic acids is 1. The summed E-state index contributed by atoms with van der Waals surface area (Å²) in [5.74, 6) is 0.307. The van der Waals surface area contributed by atoms with Crippen LogP contribution in [0.3, 0.4) is 0 Å². The zero-order valence-corrected chi connectivity index (χ0v) is 18.6. The van der Waals surface area contributed by atoms with Crippen LogP contribution < -0.4 is 0 Å². The topological polar surface area (TPSA) is 118 Å². The minimum absolute atomic E-state index is 0.0961. The fourth-order valence-electron chi connectivity index (χ4n) is 8.72. The fourth-order valence-corrected chi connectivity index (χ4v) is 8.72. The zero-order valence-electron chi connectivity index (χ0n) is 18.6. The van der Waals surface area contributed by atoms with Crippen LogP contribution in [-0.4, -0.2) is 55.9 Å². The van der Waals surface area contributed by atoms with Crippen molar-refractivity contribution in [1.82, 2.24) is 0 Å². The van der Waals surface area contributed by atoms with Crippen LogP contribution >= 0.6 is 0 Å². The molecule has 172 valence electrons. The number of rotatable bonds is 4. The smallest absolute Gasteiger partial charge is 0.303 e. The van der Waals surface area contributed by atoms with Gasteiger partial charge < -0.3 is 25.5 Å². The molecule has 12 unspecified atom stereocenters. The molecule has 30 heavy (non-hydrogen) atoms. The lowest BCUT2D eigenvalue weighted by atomic mass is 9.43. The molecule has 6 nitrogen and oxygen atoms in total. The normalized spacial score (nSPS) is 54.0. The Morgan fingerprint density at radius 1 is 0.967 bits per heavy atom. The van der Waals surface area contributed by atoms with Crippen molar-refractivity contribution in [3.63, 3.8) is 0 Å². The van der Waals surface area contributed by atoms with Gasteiger partial charge in [-0.3, -0.25) is 4.79 Å². The molecule has 4 rings (SSSR count). The monoisotopic (exact) mass is 424 g/mol. The predicted molar refractivity (Wildman–Crippen MR) is 111 cm³/mol. The van der Waals surface area contributed by atoms with Crippen molar-refractivity contribution in [2.75, 3.05) is 0 Å². The summed E-state index contributed by atoms with van der Waals surface area (Å²) in [4.78, 5) is 11.1. The van der Waals surface area contributed by atoms with Gasteiger partial charge in [0.25, 0.3) is 0 Å². The maximum absolute atomic E-state index is 11.5. The average molecular weight is 425 g/mol. The van der Waals surface area contributed by atoms with Gasteiger partial charge in [0.2, 0.25) is 0 Å². The molecule has 0 spiro atoms. The molecule has 0 radical (unpaired) electrons. The fraction of sp³-hybridized carbons (Fsp3) is 0.958. The largest absolute Gasteiger partial charge is 0.481 e. The van der Waals surface area contributed by atoms with Crippen LogP contribution in [0.25, 0.3) is 0 Å². The molecule has 4 aliphatic carbocycles. The molecule has 0 aromatic heterocycles. The molecular formula is C24H40O6. The second-order valence-corrected chi connectivity index (χ2v) is 11.6. The molecule has 0 aliphatic heterocycles. The van der Waals surface area contributed by atoms with E-state index < -0.39 is 30.4 Å². The SMILES string of the molecule is CC(CCC(=O)O)C1CCC2C3C(O)CC4CC(O)C(O)CC4(C)C3CC(O)C12C. The average Bonchev–Trinajstić information content (AvgIpc) is 3.02. The summed E-state index contributed by atoms with van der Waals surface area (Å²) in [6.07, 6.45) is 2.63. The van der Waals surface area contributed by atoms with Crippen molar-refractivity contribution in [3.05, 3.63) is 0 Å². The third kappa shape index (κ3) is 3.25. The van der Waals surface area contributed by atoms with E-state index in [1.165, 1.54) is 0 Å². The summed E-state index contributed by atoms with van der Waals surface area (Å²) < 4.78 is 0. The Hall–Kier alpha value is -0.690. The van der Waals surface area contributed by atoms with Gasteiger partial charge in [-0.25, -0.2) is 0 Å². The van der Waals surface area contributed by atoms with E-state index in [0.717, 1.165) is 12.8 Å². The molecule has 0 aromatic carbocycles. The highest BCUT2D eigenvalue weighted by atomic mass is 16.4. The molecule has 12 atom stereocenters. The van der Waals surface area contributed by atoms with Crippen LogP contribution in [0, 0.1) is 46.3 Å². The van der Waals surface area contributed by atoms with Crippen molar-refractivity contribution in [2.45, 2.75) is 96.6 Å². The van der Waals surface area contributed by atoms with Gasteiger partial charge in [0.1, 0.15) is 0 Å². The number of carbonyl (C=O) groups is 1. The third-order valence-electron chi connectivity index (χ3n) is 10.4. The number of hydrogen-bond acceptors (Lipinski definition) is 5. The minimum Gasteiger partial charge on any atom is -0.481 e. The quantitative estimate of drug-likeness (QED) is 0.473. The van der Waals surface area contributed by atoms with E-state index in [9.17, 15) is 25.2 Å². The lowest BCUT2D eigenvalue weighted by Crippen LogP contribution is -2.63. The number of carboxylic acids is 1. The van der Waals surface area contributed by atoms with Crippen molar-refractivity contribution >= 4 is 5.97 Å². The minimum atomic E-state index is -0.773. The number of fused-ring (bicyclic) bond motifs is 5. The molecule has 4 fully saturated rings. The Labute approximate surface area is 179 Å². The van der Waals surface area contributed by atoms with E-state index in [4.69, 9.17) is 5.11 Å². The van der Waals surface area contributed by atoms with Gasteiger partial charge in [-0.1, -0.05) is 20.8 Å². The number of carboxylic acid groups (broad SMARTS) is 1. The van der Waals surface area contributed by atoms with Gasteiger partial charge in [-0.2, -0.15) is 0 Å². The first-order valence-corrected chi connectivity index (χ1v) is 11.9. The van der Waals surface area contributed by atoms with E-state index in [0.29, 0.717) is 32.1 Å². The number of aliphatic hydroxyl groups excluding tert-OH is 4. The molecule has 0 amide bonds.